The fourth-order valence-electron chi connectivity index (χ4n) is 2.41. The number of carboxylic acid groups (broad SMARTS) is 1. The third kappa shape index (κ3) is 4.85. The van der Waals surface area contributed by atoms with Crippen LogP contribution >= 0.6 is 0 Å². The molecule has 1 atom stereocenters. The van der Waals surface area contributed by atoms with Crippen LogP contribution in [0, 0.1) is 0 Å². The van der Waals surface area contributed by atoms with Crippen LogP contribution in [0.25, 0.3) is 11.1 Å². The Bertz CT molecular complexity index is 788. The van der Waals surface area contributed by atoms with E-state index in [9.17, 15) is 9.18 Å². The van der Waals surface area contributed by atoms with Crippen LogP contribution in [0.4, 0.5) is 15.2 Å². The van der Waals surface area contributed by atoms with E-state index in [1.807, 2.05) is 0 Å². The first-order chi connectivity index (χ1) is 12.6. The van der Waals surface area contributed by atoms with Crippen molar-refractivity contribution < 1.29 is 28.2 Å². The topological polar surface area (TPSA) is 106 Å². The first-order valence-corrected chi connectivity index (χ1v) is 8.28. The minimum Gasteiger partial charge on any atom is -0.489 e. The van der Waals surface area contributed by atoms with E-state index < -0.39 is 6.09 Å². The summed E-state index contributed by atoms with van der Waals surface area (Å²) in [5.74, 6) is 0.470. The molecule has 1 fully saturated rings. The number of hydrogen-bond donors (Lipinski definition) is 3. The number of anilines is 1. The van der Waals surface area contributed by atoms with Gasteiger partial charge in [-0.05, 0) is 25.0 Å². The number of nitrogens with zero attached hydrogens (tertiary/aromatic N) is 1. The second-order valence-electron chi connectivity index (χ2n) is 5.86. The van der Waals surface area contributed by atoms with E-state index in [0.29, 0.717) is 41.8 Å². The Kier molecular flexibility index (Phi) is 5.90. The molecule has 1 aromatic carbocycles. The highest BCUT2D eigenvalue weighted by molar-refractivity contribution is 5.76. The van der Waals surface area contributed by atoms with Gasteiger partial charge < -0.3 is 29.6 Å². The van der Waals surface area contributed by atoms with Crippen molar-refractivity contribution in [2.75, 3.05) is 31.6 Å². The maximum absolute atomic E-state index is 12.8. The summed E-state index contributed by atoms with van der Waals surface area (Å²) in [6, 6.07) is 5.51. The van der Waals surface area contributed by atoms with Crippen LogP contribution in [0.1, 0.15) is 12.8 Å². The van der Waals surface area contributed by atoms with Gasteiger partial charge in [-0.3, -0.25) is 0 Å². The summed E-state index contributed by atoms with van der Waals surface area (Å²) in [6.45, 7) is 1.32. The number of oxazole rings is 1. The van der Waals surface area contributed by atoms with Crippen LogP contribution in [0.2, 0.25) is 0 Å². The van der Waals surface area contributed by atoms with Gasteiger partial charge in [-0.2, -0.15) is 4.98 Å². The summed E-state index contributed by atoms with van der Waals surface area (Å²) in [5.41, 5.74) is 1.39. The molecule has 0 bridgehead atoms. The van der Waals surface area contributed by atoms with Gasteiger partial charge in [0.15, 0.2) is 5.58 Å². The van der Waals surface area contributed by atoms with Gasteiger partial charge in [0.1, 0.15) is 17.9 Å². The lowest BCUT2D eigenvalue weighted by atomic mass is 10.1. The maximum Gasteiger partial charge on any atom is 0.404 e. The Morgan fingerprint density at radius 2 is 2.35 bits per heavy atom. The molecule has 2 heterocycles. The van der Waals surface area contributed by atoms with E-state index in [2.05, 4.69) is 15.6 Å². The zero-order chi connectivity index (χ0) is 18.4. The van der Waals surface area contributed by atoms with Gasteiger partial charge in [-0.25, -0.2) is 9.18 Å². The Labute approximate surface area is 149 Å². The highest BCUT2D eigenvalue weighted by Crippen LogP contribution is 2.24. The molecule has 26 heavy (non-hydrogen) atoms. The smallest absolute Gasteiger partial charge is 0.404 e. The normalized spacial score (nSPS) is 17.0. The lowest BCUT2D eigenvalue weighted by Crippen LogP contribution is -2.28. The van der Waals surface area contributed by atoms with E-state index in [1.54, 1.807) is 18.2 Å². The van der Waals surface area contributed by atoms with Crippen LogP contribution in [-0.4, -0.2) is 48.6 Å². The number of ether oxygens (including phenoxy) is 2. The van der Waals surface area contributed by atoms with Crippen molar-refractivity contribution in [2.24, 2.45) is 0 Å². The van der Waals surface area contributed by atoms with E-state index in [1.165, 1.54) is 0 Å². The maximum atomic E-state index is 12.8. The number of fused-ring (bicyclic) bond motifs is 1. The number of rotatable bonds is 9. The van der Waals surface area contributed by atoms with E-state index in [0.717, 1.165) is 19.4 Å². The fraction of sp³-hybridized carbons (Fsp3) is 0.412. The predicted octanol–water partition coefficient (Wildman–Crippen LogP) is 2.92. The average molecular weight is 365 g/mol. The molecule has 3 rings (SSSR count). The Hall–Kier alpha value is -2.81. The number of amides is 1. The molecular formula is C17H20FN3O5. The molecule has 1 saturated heterocycles. The quantitative estimate of drug-likeness (QED) is 0.627. The van der Waals surface area contributed by atoms with E-state index >= 15 is 0 Å². The van der Waals surface area contributed by atoms with Gasteiger partial charge >= 0.3 is 6.09 Å². The highest BCUT2D eigenvalue weighted by Gasteiger charge is 2.17. The summed E-state index contributed by atoms with van der Waals surface area (Å²) in [6.07, 6.45) is 1.41. The molecule has 1 aromatic heterocycles. The van der Waals surface area contributed by atoms with Crippen molar-refractivity contribution in [1.82, 2.24) is 10.3 Å². The lowest BCUT2D eigenvalue weighted by molar-refractivity contribution is -0.0523. The van der Waals surface area contributed by atoms with E-state index in [-0.39, 0.29) is 18.7 Å². The second-order valence-corrected chi connectivity index (χ2v) is 5.86. The number of hydrogen-bond acceptors (Lipinski definition) is 6. The lowest BCUT2D eigenvalue weighted by Gasteiger charge is -2.26. The third-order valence-corrected chi connectivity index (χ3v) is 3.94. The minimum atomic E-state index is -1.23. The molecule has 2 aromatic rings. The van der Waals surface area contributed by atoms with Crippen molar-refractivity contribution in [3.63, 3.8) is 0 Å². The summed E-state index contributed by atoms with van der Waals surface area (Å²) in [4.78, 5) is 14.8. The minimum absolute atomic E-state index is 0.0804. The van der Waals surface area contributed by atoms with Crippen molar-refractivity contribution in [3.8, 4) is 5.75 Å². The second kappa shape index (κ2) is 8.52. The van der Waals surface area contributed by atoms with Crippen LogP contribution in [0.3, 0.4) is 0 Å². The number of carbonyl (C=O) groups is 1. The molecule has 0 radical (unpaired) electrons. The number of benzene rings is 1. The third-order valence-electron chi connectivity index (χ3n) is 3.94. The van der Waals surface area contributed by atoms with Crippen LogP contribution in [0.15, 0.2) is 34.5 Å². The van der Waals surface area contributed by atoms with Crippen molar-refractivity contribution >= 4 is 23.2 Å². The fourth-order valence-corrected chi connectivity index (χ4v) is 2.41. The SMILES string of the molecule is O=C(O)NC/C(=C/F)COc1ccc2nc(NCCC3CCO3)oc2c1. The molecule has 9 heteroatoms. The first kappa shape index (κ1) is 18.0. The van der Waals surface area contributed by atoms with Gasteiger partial charge in [0, 0.05) is 31.3 Å². The zero-order valence-corrected chi connectivity index (χ0v) is 14.0. The van der Waals surface area contributed by atoms with E-state index in [4.69, 9.17) is 19.0 Å². The number of nitrogens with one attached hydrogen (secondary N) is 2. The molecule has 140 valence electrons. The van der Waals surface area contributed by atoms with Gasteiger partial charge in [0.05, 0.1) is 12.4 Å². The van der Waals surface area contributed by atoms with Crippen molar-refractivity contribution in [2.45, 2.75) is 18.9 Å². The monoisotopic (exact) mass is 365 g/mol. The van der Waals surface area contributed by atoms with Crippen molar-refractivity contribution in [1.29, 1.82) is 0 Å². The first-order valence-electron chi connectivity index (χ1n) is 8.28. The Balaban J connectivity index is 1.53. The van der Waals surface area contributed by atoms with Gasteiger partial charge in [-0.15, -0.1) is 0 Å². The number of aromatic nitrogens is 1. The molecule has 0 spiro atoms. The van der Waals surface area contributed by atoms with Gasteiger partial charge in [0.25, 0.3) is 6.01 Å². The average Bonchev–Trinajstić information content (AvgIpc) is 2.99. The molecule has 0 saturated carbocycles. The molecule has 1 unspecified atom stereocenters. The molecule has 8 nitrogen and oxygen atoms in total. The van der Waals surface area contributed by atoms with Crippen LogP contribution in [-0.2, 0) is 4.74 Å². The standard InChI is InChI=1S/C17H20FN3O5/c18-8-11(9-20-17(22)23)10-25-13-1-2-14-15(7-13)26-16(21-14)19-5-3-12-4-6-24-12/h1-2,7-8,12,20H,3-6,9-10H2,(H,19,21)(H,22,23)/b11-8-. The molecule has 1 aliphatic heterocycles. The molecule has 1 aliphatic rings. The summed E-state index contributed by atoms with van der Waals surface area (Å²) < 4.78 is 29.2. The van der Waals surface area contributed by atoms with Gasteiger partial charge in [0.2, 0.25) is 0 Å². The largest absolute Gasteiger partial charge is 0.489 e. The van der Waals surface area contributed by atoms with Crippen LogP contribution < -0.4 is 15.4 Å². The van der Waals surface area contributed by atoms with Crippen LogP contribution in [0.5, 0.6) is 5.75 Å². The van der Waals surface area contributed by atoms with Crippen molar-refractivity contribution in [3.05, 3.63) is 30.1 Å². The summed E-state index contributed by atoms with van der Waals surface area (Å²) in [5, 5.41) is 13.7. The molecule has 0 aliphatic carbocycles. The molecule has 1 amide bonds. The summed E-state index contributed by atoms with van der Waals surface area (Å²) >= 11 is 0. The summed E-state index contributed by atoms with van der Waals surface area (Å²) in [7, 11) is 0. The molecule has 3 N–H and O–H groups in total. The zero-order valence-electron chi connectivity index (χ0n) is 14.0. The Morgan fingerprint density at radius 3 is 3.04 bits per heavy atom. The highest BCUT2D eigenvalue weighted by atomic mass is 19.1. The predicted molar refractivity (Wildman–Crippen MR) is 92.2 cm³/mol. The molecular weight excluding hydrogens is 345 g/mol. The van der Waals surface area contributed by atoms with Gasteiger partial charge in [-0.1, -0.05) is 0 Å². The number of halogens is 1. The Morgan fingerprint density at radius 1 is 1.50 bits per heavy atom.